The Bertz CT molecular complexity index is 914. The summed E-state index contributed by atoms with van der Waals surface area (Å²) in [5.74, 6) is 0.587. The molecular weight excluding hydrogens is 304 g/mol. The zero-order valence-electron chi connectivity index (χ0n) is 13.4. The van der Waals surface area contributed by atoms with Crippen molar-refractivity contribution in [3.05, 3.63) is 63.9 Å². The van der Waals surface area contributed by atoms with Gasteiger partial charge in [0, 0.05) is 49.7 Å². The smallest absolute Gasteiger partial charge is 0.255 e. The van der Waals surface area contributed by atoms with E-state index in [1.807, 2.05) is 19.1 Å². The van der Waals surface area contributed by atoms with Crippen LogP contribution in [0.1, 0.15) is 22.6 Å². The second-order valence-electron chi connectivity index (χ2n) is 6.02. The second kappa shape index (κ2) is 6.01. The Kier molecular flexibility index (Phi) is 3.70. The van der Waals surface area contributed by atoms with E-state index in [1.165, 1.54) is 0 Å². The Hall–Kier alpha value is -2.80. The zero-order chi connectivity index (χ0) is 16.5. The Labute approximate surface area is 138 Å². The number of H-pyrrole nitrogens is 2. The lowest BCUT2D eigenvalue weighted by Gasteiger charge is -2.27. The predicted octanol–water partition coefficient (Wildman–Crippen LogP) is 1.42. The lowest BCUT2D eigenvalue weighted by atomic mass is 10.1. The molecule has 4 heterocycles. The number of nitrogens with zero attached hydrogens (tertiary/aromatic N) is 4. The number of fused-ring (bicyclic) bond motifs is 1. The largest absolute Gasteiger partial charge is 0.348 e. The summed E-state index contributed by atoms with van der Waals surface area (Å²) in [7, 11) is 0. The van der Waals surface area contributed by atoms with Crippen molar-refractivity contribution in [2.75, 3.05) is 6.54 Å². The summed E-state index contributed by atoms with van der Waals surface area (Å²) in [4.78, 5) is 33.8. The van der Waals surface area contributed by atoms with Crippen LogP contribution >= 0.6 is 0 Å². The molecule has 0 bridgehead atoms. The highest BCUT2D eigenvalue weighted by Gasteiger charge is 2.22. The van der Waals surface area contributed by atoms with E-state index < -0.39 is 0 Å². The van der Waals surface area contributed by atoms with Gasteiger partial charge in [0.2, 0.25) is 0 Å². The Morgan fingerprint density at radius 1 is 1.38 bits per heavy atom. The van der Waals surface area contributed by atoms with Crippen LogP contribution in [0, 0.1) is 6.92 Å². The number of hydrogen-bond donors (Lipinski definition) is 2. The van der Waals surface area contributed by atoms with Gasteiger partial charge in [-0.15, -0.1) is 0 Å². The molecule has 0 amide bonds. The van der Waals surface area contributed by atoms with Crippen molar-refractivity contribution >= 4 is 0 Å². The number of rotatable bonds is 3. The highest BCUT2D eigenvalue weighted by molar-refractivity contribution is 5.53. The van der Waals surface area contributed by atoms with E-state index in [4.69, 9.17) is 0 Å². The van der Waals surface area contributed by atoms with Crippen molar-refractivity contribution in [2.24, 2.45) is 0 Å². The van der Waals surface area contributed by atoms with Crippen LogP contribution < -0.4 is 5.56 Å². The average Bonchev–Trinajstić information content (AvgIpc) is 3.01. The van der Waals surface area contributed by atoms with E-state index in [0.717, 1.165) is 47.7 Å². The molecule has 24 heavy (non-hydrogen) atoms. The average molecular weight is 322 g/mol. The molecule has 7 heteroatoms. The molecular formula is C17H18N6O. The fourth-order valence-electron chi connectivity index (χ4n) is 3.01. The molecule has 122 valence electrons. The second-order valence-corrected chi connectivity index (χ2v) is 6.02. The molecule has 0 atom stereocenters. The fourth-order valence-corrected chi connectivity index (χ4v) is 3.01. The first-order chi connectivity index (χ1) is 11.7. The van der Waals surface area contributed by atoms with Crippen molar-refractivity contribution in [1.29, 1.82) is 0 Å². The molecule has 0 spiro atoms. The van der Waals surface area contributed by atoms with E-state index in [0.29, 0.717) is 12.4 Å². The van der Waals surface area contributed by atoms with Gasteiger partial charge >= 0.3 is 0 Å². The summed E-state index contributed by atoms with van der Waals surface area (Å²) in [5.41, 5.74) is 4.48. The lowest BCUT2D eigenvalue weighted by molar-refractivity contribution is 0.239. The number of aryl methyl sites for hydroxylation is 1. The molecule has 0 saturated heterocycles. The third-order valence-corrected chi connectivity index (χ3v) is 4.39. The minimum Gasteiger partial charge on any atom is -0.348 e. The highest BCUT2D eigenvalue weighted by Crippen LogP contribution is 2.19. The van der Waals surface area contributed by atoms with Crippen molar-refractivity contribution in [1.82, 2.24) is 29.8 Å². The van der Waals surface area contributed by atoms with Gasteiger partial charge in [-0.1, -0.05) is 0 Å². The molecule has 3 aromatic heterocycles. The normalized spacial score (nSPS) is 14.5. The van der Waals surface area contributed by atoms with E-state index >= 15 is 0 Å². The summed E-state index contributed by atoms with van der Waals surface area (Å²) >= 11 is 0. The highest BCUT2D eigenvalue weighted by atomic mass is 16.1. The van der Waals surface area contributed by atoms with Gasteiger partial charge in [0.15, 0.2) is 0 Å². The van der Waals surface area contributed by atoms with Crippen LogP contribution in [0.5, 0.6) is 0 Å². The van der Waals surface area contributed by atoms with Gasteiger partial charge in [-0.25, -0.2) is 9.97 Å². The van der Waals surface area contributed by atoms with Crippen LogP contribution in [0.3, 0.4) is 0 Å². The predicted molar refractivity (Wildman–Crippen MR) is 89.2 cm³/mol. The van der Waals surface area contributed by atoms with Gasteiger partial charge in [0.1, 0.15) is 5.82 Å². The van der Waals surface area contributed by atoms with Gasteiger partial charge in [-0.3, -0.25) is 14.7 Å². The quantitative estimate of drug-likeness (QED) is 0.761. The molecule has 0 saturated carbocycles. The van der Waals surface area contributed by atoms with Gasteiger partial charge in [0.05, 0.1) is 23.3 Å². The van der Waals surface area contributed by atoms with Gasteiger partial charge < -0.3 is 9.97 Å². The van der Waals surface area contributed by atoms with Crippen molar-refractivity contribution < 1.29 is 0 Å². The van der Waals surface area contributed by atoms with Crippen molar-refractivity contribution in [2.45, 2.75) is 26.4 Å². The fraction of sp³-hybridized carbons (Fsp3) is 0.294. The van der Waals surface area contributed by atoms with Crippen LogP contribution in [0.25, 0.3) is 11.4 Å². The van der Waals surface area contributed by atoms with E-state index in [9.17, 15) is 4.79 Å². The summed E-state index contributed by atoms with van der Waals surface area (Å²) < 4.78 is 0. The number of aromatic nitrogens is 5. The van der Waals surface area contributed by atoms with Gasteiger partial charge in [0.25, 0.3) is 5.56 Å². The molecule has 0 unspecified atom stereocenters. The number of imidazole rings is 1. The van der Waals surface area contributed by atoms with Gasteiger partial charge in [-0.2, -0.15) is 0 Å². The van der Waals surface area contributed by atoms with Crippen LogP contribution in [0.15, 0.2) is 35.6 Å². The number of aromatic amines is 2. The van der Waals surface area contributed by atoms with Crippen LogP contribution in [-0.2, 0) is 19.5 Å². The van der Waals surface area contributed by atoms with Crippen molar-refractivity contribution in [3.63, 3.8) is 0 Å². The number of nitrogens with one attached hydrogen (secondary N) is 2. The Balaban J connectivity index is 1.61. The Morgan fingerprint density at radius 2 is 2.29 bits per heavy atom. The third-order valence-electron chi connectivity index (χ3n) is 4.39. The number of pyridine rings is 1. The lowest BCUT2D eigenvalue weighted by Crippen LogP contribution is -2.35. The van der Waals surface area contributed by atoms with E-state index in [2.05, 4.69) is 29.8 Å². The van der Waals surface area contributed by atoms with Gasteiger partial charge in [-0.05, 0) is 19.1 Å². The molecule has 0 fully saturated rings. The molecule has 2 N–H and O–H groups in total. The molecule has 1 aliphatic heterocycles. The summed E-state index contributed by atoms with van der Waals surface area (Å²) in [6, 6.07) is 3.73. The molecule has 0 aliphatic carbocycles. The van der Waals surface area contributed by atoms with Crippen LogP contribution in [0.4, 0.5) is 0 Å². The minimum atomic E-state index is -0.0673. The molecule has 0 radical (unpaired) electrons. The molecule has 7 nitrogen and oxygen atoms in total. The Morgan fingerprint density at radius 3 is 3.04 bits per heavy atom. The summed E-state index contributed by atoms with van der Waals surface area (Å²) in [6.07, 6.45) is 5.88. The van der Waals surface area contributed by atoms with Crippen LogP contribution in [0.2, 0.25) is 0 Å². The van der Waals surface area contributed by atoms with E-state index in [-0.39, 0.29) is 5.56 Å². The summed E-state index contributed by atoms with van der Waals surface area (Å²) in [5, 5.41) is 0. The maximum Gasteiger partial charge on any atom is 0.255 e. The zero-order valence-corrected chi connectivity index (χ0v) is 13.4. The van der Waals surface area contributed by atoms with Crippen molar-refractivity contribution in [3.8, 4) is 11.4 Å². The third kappa shape index (κ3) is 2.74. The first kappa shape index (κ1) is 14.8. The monoisotopic (exact) mass is 322 g/mol. The first-order valence-electron chi connectivity index (χ1n) is 7.94. The van der Waals surface area contributed by atoms with Crippen LogP contribution in [-0.4, -0.2) is 36.4 Å². The minimum absolute atomic E-state index is 0.0673. The topological polar surface area (TPSA) is 90.6 Å². The maximum atomic E-state index is 12.5. The molecule has 4 rings (SSSR count). The molecule has 0 aromatic carbocycles. The molecule has 1 aliphatic rings. The first-order valence-corrected chi connectivity index (χ1v) is 7.94. The maximum absolute atomic E-state index is 12.5. The number of hydrogen-bond acceptors (Lipinski definition) is 5. The molecule has 3 aromatic rings. The summed E-state index contributed by atoms with van der Waals surface area (Å²) in [6.45, 7) is 4.20. The van der Waals surface area contributed by atoms with E-state index in [1.54, 1.807) is 18.7 Å². The standard InChI is InChI=1S/C17H18N6O/c1-11-15(20-10-19-11)9-23-6-4-14-13(8-23)17(24)22-16(21-14)12-3-2-5-18-7-12/h2-3,5,7,10H,4,6,8-9H2,1H3,(H,19,20)(H,21,22,24). The SMILES string of the molecule is Cc1[nH]cnc1CN1CCc2nc(-c3cccnc3)[nH]c(=O)c2C1.